The minimum absolute atomic E-state index is 0.0558. The van der Waals surface area contributed by atoms with Crippen molar-refractivity contribution in [3.05, 3.63) is 12.7 Å². The Morgan fingerprint density at radius 1 is 1.82 bits per heavy atom. The van der Waals surface area contributed by atoms with E-state index < -0.39 is 11.5 Å². The summed E-state index contributed by atoms with van der Waals surface area (Å²) >= 11 is 5.55. The van der Waals surface area contributed by atoms with E-state index in [4.69, 9.17) is 16.3 Å². The van der Waals surface area contributed by atoms with Gasteiger partial charge in [-0.15, -0.1) is 0 Å². The Hall–Kier alpha value is -0.540. The van der Waals surface area contributed by atoms with Crippen LogP contribution in [0, 0.1) is 0 Å². The fraction of sp³-hybridized carbons (Fsp3) is 0.571. The van der Waals surface area contributed by atoms with Gasteiger partial charge in [-0.25, -0.2) is 4.79 Å². The van der Waals surface area contributed by atoms with Crippen LogP contribution < -0.4 is 0 Å². The van der Waals surface area contributed by atoms with Gasteiger partial charge in [-0.1, -0.05) is 18.2 Å². The molecule has 11 heavy (non-hydrogen) atoms. The average molecular weight is 179 g/mol. The lowest BCUT2D eigenvalue weighted by Gasteiger charge is -2.08. The van der Waals surface area contributed by atoms with Gasteiger partial charge < -0.3 is 9.47 Å². The first-order valence-corrected chi connectivity index (χ1v) is 3.69. The normalized spacial score (nSPS) is 12.2. The molecule has 0 aliphatic carbocycles. The largest absolute Gasteiger partial charge is 0.458 e. The molecule has 0 N–H and O–H groups in total. The van der Waals surface area contributed by atoms with Crippen LogP contribution in [0.1, 0.15) is 6.92 Å². The van der Waals surface area contributed by atoms with Crippen LogP contribution in [0.25, 0.3) is 0 Å². The van der Waals surface area contributed by atoms with Crippen molar-refractivity contribution in [1.82, 2.24) is 0 Å². The molecule has 0 aromatic heterocycles. The molecule has 0 aliphatic rings. The van der Waals surface area contributed by atoms with E-state index in [2.05, 4.69) is 11.3 Å². The summed E-state index contributed by atoms with van der Waals surface area (Å²) in [7, 11) is 0. The molecule has 3 nitrogen and oxygen atoms in total. The van der Waals surface area contributed by atoms with E-state index >= 15 is 0 Å². The number of hydrogen-bond acceptors (Lipinski definition) is 3. The number of ether oxygens (including phenoxy) is 2. The van der Waals surface area contributed by atoms with Gasteiger partial charge >= 0.3 is 5.97 Å². The van der Waals surface area contributed by atoms with Crippen molar-refractivity contribution in [3.8, 4) is 0 Å². The lowest BCUT2D eigenvalue weighted by Crippen LogP contribution is -2.15. The van der Waals surface area contributed by atoms with Crippen LogP contribution in [-0.4, -0.2) is 24.7 Å². The molecule has 0 heterocycles. The third-order valence-electron chi connectivity index (χ3n) is 0.871. The predicted molar refractivity (Wildman–Crippen MR) is 42.4 cm³/mol. The maximum atomic E-state index is 10.5. The van der Waals surface area contributed by atoms with Gasteiger partial charge in [0.25, 0.3) is 0 Å². The first kappa shape index (κ1) is 10.5. The van der Waals surface area contributed by atoms with Gasteiger partial charge in [0.2, 0.25) is 0 Å². The van der Waals surface area contributed by atoms with Gasteiger partial charge in [0.1, 0.15) is 6.61 Å². The van der Waals surface area contributed by atoms with E-state index in [0.717, 1.165) is 6.08 Å². The summed E-state index contributed by atoms with van der Waals surface area (Å²) in [6, 6.07) is 0. The highest BCUT2D eigenvalue weighted by atomic mass is 35.5. The standard InChI is InChI=1S/C7H11ClO3/c1-3-7(9)11-5-6(8)10-4-2/h3,6H,1,4-5H2,2H3. The van der Waals surface area contributed by atoms with Crippen molar-refractivity contribution in [3.63, 3.8) is 0 Å². The van der Waals surface area contributed by atoms with E-state index in [9.17, 15) is 4.79 Å². The molecule has 0 fully saturated rings. The van der Waals surface area contributed by atoms with Crippen molar-refractivity contribution in [1.29, 1.82) is 0 Å². The maximum absolute atomic E-state index is 10.5. The number of hydrogen-bond donors (Lipinski definition) is 0. The third kappa shape index (κ3) is 5.88. The number of carbonyl (C=O) groups excluding carboxylic acids is 1. The SMILES string of the molecule is C=CC(=O)OCC(Cl)OCC. The molecule has 1 atom stereocenters. The molecule has 0 aromatic carbocycles. The first-order valence-electron chi connectivity index (χ1n) is 3.25. The Bertz CT molecular complexity index is 136. The van der Waals surface area contributed by atoms with Gasteiger partial charge in [-0.2, -0.15) is 0 Å². The van der Waals surface area contributed by atoms with E-state index in [1.54, 1.807) is 0 Å². The molecule has 0 aromatic rings. The van der Waals surface area contributed by atoms with E-state index in [1.807, 2.05) is 6.92 Å². The molecule has 4 heteroatoms. The second kappa shape index (κ2) is 6.19. The van der Waals surface area contributed by atoms with Gasteiger partial charge in [0.05, 0.1) is 0 Å². The molecule has 0 bridgehead atoms. The highest BCUT2D eigenvalue weighted by Gasteiger charge is 2.04. The summed E-state index contributed by atoms with van der Waals surface area (Å²) in [5.74, 6) is -0.490. The van der Waals surface area contributed by atoms with Crippen LogP contribution in [-0.2, 0) is 14.3 Å². The molecule has 0 rings (SSSR count). The molecule has 0 amide bonds. The van der Waals surface area contributed by atoms with E-state index in [0.29, 0.717) is 6.61 Å². The predicted octanol–water partition coefficient (Wildman–Crippen LogP) is 1.32. The molecular weight excluding hydrogens is 168 g/mol. The van der Waals surface area contributed by atoms with Crippen LogP contribution in [0.3, 0.4) is 0 Å². The molecular formula is C7H11ClO3. The fourth-order valence-electron chi connectivity index (χ4n) is 0.436. The number of halogens is 1. The summed E-state index contributed by atoms with van der Waals surface area (Å²) in [6.07, 6.45) is 1.08. The zero-order valence-corrected chi connectivity index (χ0v) is 7.13. The van der Waals surface area contributed by atoms with Crippen molar-refractivity contribution < 1.29 is 14.3 Å². The maximum Gasteiger partial charge on any atom is 0.330 e. The minimum Gasteiger partial charge on any atom is -0.458 e. The van der Waals surface area contributed by atoms with Crippen molar-refractivity contribution >= 4 is 17.6 Å². The summed E-state index contributed by atoms with van der Waals surface area (Å²) in [4.78, 5) is 10.5. The molecule has 64 valence electrons. The summed E-state index contributed by atoms with van der Waals surface area (Å²) in [6.45, 7) is 5.59. The highest BCUT2D eigenvalue weighted by Crippen LogP contribution is 1.98. The van der Waals surface area contributed by atoms with E-state index in [-0.39, 0.29) is 6.61 Å². The molecule has 0 saturated carbocycles. The lowest BCUT2D eigenvalue weighted by atomic mass is 10.6. The zero-order valence-electron chi connectivity index (χ0n) is 6.38. The number of carbonyl (C=O) groups is 1. The second-order valence-electron chi connectivity index (χ2n) is 1.70. The Balaban J connectivity index is 3.37. The van der Waals surface area contributed by atoms with Crippen LogP contribution in [0.4, 0.5) is 0 Å². The van der Waals surface area contributed by atoms with E-state index in [1.165, 1.54) is 0 Å². The highest BCUT2D eigenvalue weighted by molar-refractivity contribution is 6.19. The molecule has 0 spiro atoms. The lowest BCUT2D eigenvalue weighted by molar-refractivity contribution is -0.140. The smallest absolute Gasteiger partial charge is 0.330 e. The number of alkyl halides is 1. The third-order valence-corrected chi connectivity index (χ3v) is 1.12. The molecule has 1 unspecified atom stereocenters. The molecule has 0 saturated heterocycles. The zero-order chi connectivity index (χ0) is 8.69. The fourth-order valence-corrected chi connectivity index (χ4v) is 0.625. The summed E-state index contributed by atoms with van der Waals surface area (Å²) in [5.41, 5.74) is -0.566. The topological polar surface area (TPSA) is 35.5 Å². The average Bonchev–Trinajstić information content (AvgIpc) is 2.01. The van der Waals surface area contributed by atoms with Crippen molar-refractivity contribution in [2.24, 2.45) is 0 Å². The van der Waals surface area contributed by atoms with Crippen molar-refractivity contribution in [2.45, 2.75) is 12.5 Å². The van der Waals surface area contributed by atoms with Gasteiger partial charge in [-0.05, 0) is 6.92 Å². The Morgan fingerprint density at radius 2 is 2.45 bits per heavy atom. The Labute approximate surface area is 70.9 Å². The van der Waals surface area contributed by atoms with Crippen LogP contribution in [0.2, 0.25) is 0 Å². The quantitative estimate of drug-likeness (QED) is 0.362. The molecule has 0 radical (unpaired) electrons. The molecule has 0 aliphatic heterocycles. The van der Waals surface area contributed by atoms with Crippen LogP contribution in [0.5, 0.6) is 0 Å². The number of rotatable bonds is 5. The van der Waals surface area contributed by atoms with Crippen molar-refractivity contribution in [2.75, 3.05) is 13.2 Å². The number of esters is 1. The van der Waals surface area contributed by atoms with Gasteiger partial charge in [-0.3, -0.25) is 0 Å². The minimum atomic E-state index is -0.566. The summed E-state index contributed by atoms with van der Waals surface area (Å²) < 4.78 is 9.48. The monoisotopic (exact) mass is 178 g/mol. The Morgan fingerprint density at radius 3 is 2.91 bits per heavy atom. The Kier molecular flexibility index (Phi) is 5.88. The van der Waals surface area contributed by atoms with Gasteiger partial charge in [0.15, 0.2) is 5.56 Å². The summed E-state index contributed by atoms with van der Waals surface area (Å²) in [5, 5.41) is 0. The van der Waals surface area contributed by atoms with Crippen LogP contribution >= 0.6 is 11.6 Å². The van der Waals surface area contributed by atoms with Crippen LogP contribution in [0.15, 0.2) is 12.7 Å². The second-order valence-corrected chi connectivity index (χ2v) is 2.19. The van der Waals surface area contributed by atoms with Gasteiger partial charge in [0, 0.05) is 12.7 Å². The first-order chi connectivity index (χ1) is 5.20.